The topological polar surface area (TPSA) is 86.8 Å². The third-order valence-electron chi connectivity index (χ3n) is 4.05. The number of amides is 2. The van der Waals surface area contributed by atoms with Crippen LogP contribution in [-0.2, 0) is 14.8 Å². The molecule has 0 atom stereocenters. The van der Waals surface area contributed by atoms with Gasteiger partial charge < -0.3 is 10.2 Å². The predicted molar refractivity (Wildman–Crippen MR) is 96.6 cm³/mol. The fraction of sp³-hybridized carbons (Fsp3) is 0.571. The molecule has 0 spiro atoms. The number of rotatable bonds is 5. The van der Waals surface area contributed by atoms with Gasteiger partial charge in [0.25, 0.3) is 5.91 Å². The van der Waals surface area contributed by atoms with Crippen molar-refractivity contribution >= 4 is 49.1 Å². The fourth-order valence-corrected chi connectivity index (χ4v) is 4.60. The van der Waals surface area contributed by atoms with Crippen molar-refractivity contribution < 1.29 is 18.0 Å². The van der Waals surface area contributed by atoms with E-state index in [1.165, 1.54) is 21.9 Å². The molecule has 1 aliphatic rings. The van der Waals surface area contributed by atoms with E-state index < -0.39 is 10.0 Å². The highest BCUT2D eigenvalue weighted by atomic mass is 79.9. The summed E-state index contributed by atoms with van der Waals surface area (Å²) in [6.07, 6.45) is 2.38. The van der Waals surface area contributed by atoms with Crippen molar-refractivity contribution in [1.82, 2.24) is 14.5 Å². The number of carbonyl (C=O) groups excluding carboxylic acids is 2. The molecule has 0 unspecified atom stereocenters. The molecule has 7 nitrogen and oxygen atoms in total. The molecule has 0 radical (unpaired) electrons. The van der Waals surface area contributed by atoms with Crippen LogP contribution in [0.1, 0.15) is 22.5 Å². The minimum absolute atomic E-state index is 0.0546. The summed E-state index contributed by atoms with van der Waals surface area (Å²) >= 11 is 4.60. The van der Waals surface area contributed by atoms with Crippen molar-refractivity contribution in [3.05, 3.63) is 20.8 Å². The second-order valence-electron chi connectivity index (χ2n) is 5.68. The van der Waals surface area contributed by atoms with Crippen LogP contribution in [0.4, 0.5) is 0 Å². The molecular weight excluding hydrogens is 418 g/mol. The Balaban J connectivity index is 1.80. The Labute approximate surface area is 154 Å². The normalized spacial score (nSPS) is 16.4. The van der Waals surface area contributed by atoms with Crippen LogP contribution in [0.3, 0.4) is 0 Å². The number of thiophene rings is 1. The Bertz CT molecular complexity index is 711. The third-order valence-corrected chi connectivity index (χ3v) is 7.02. The highest BCUT2D eigenvalue weighted by Crippen LogP contribution is 2.22. The number of hydrogen-bond acceptors (Lipinski definition) is 5. The van der Waals surface area contributed by atoms with Crippen LogP contribution in [0.15, 0.2) is 15.9 Å². The number of halogens is 1. The quantitative estimate of drug-likeness (QED) is 0.747. The summed E-state index contributed by atoms with van der Waals surface area (Å²) in [5.41, 5.74) is 0. The molecule has 1 aromatic heterocycles. The van der Waals surface area contributed by atoms with Gasteiger partial charge in [-0.1, -0.05) is 0 Å². The lowest BCUT2D eigenvalue weighted by Crippen LogP contribution is -2.49. The van der Waals surface area contributed by atoms with Crippen LogP contribution < -0.4 is 5.32 Å². The summed E-state index contributed by atoms with van der Waals surface area (Å²) < 4.78 is 25.3. The van der Waals surface area contributed by atoms with Gasteiger partial charge in [-0.2, -0.15) is 0 Å². The lowest BCUT2D eigenvalue weighted by molar-refractivity contribution is -0.131. The van der Waals surface area contributed by atoms with E-state index in [1.54, 1.807) is 24.1 Å². The summed E-state index contributed by atoms with van der Waals surface area (Å²) in [7, 11) is -1.65. The molecule has 1 fully saturated rings. The SMILES string of the molecule is CN(C1CCN(C(=O)CNC(=O)c2ccc(Br)s2)CC1)S(C)(=O)=O. The maximum atomic E-state index is 12.2. The van der Waals surface area contributed by atoms with Gasteiger partial charge >= 0.3 is 0 Å². The molecule has 0 bridgehead atoms. The summed E-state index contributed by atoms with van der Waals surface area (Å²) in [5, 5.41) is 2.62. The van der Waals surface area contributed by atoms with Gasteiger partial charge in [-0.15, -0.1) is 11.3 Å². The largest absolute Gasteiger partial charge is 0.342 e. The van der Waals surface area contributed by atoms with E-state index in [4.69, 9.17) is 0 Å². The fourth-order valence-electron chi connectivity index (χ4n) is 2.54. The molecule has 0 aromatic carbocycles. The first-order chi connectivity index (χ1) is 11.2. The highest BCUT2D eigenvalue weighted by molar-refractivity contribution is 9.11. The molecule has 134 valence electrons. The van der Waals surface area contributed by atoms with Crippen LogP contribution >= 0.6 is 27.3 Å². The Morgan fingerprint density at radius 1 is 1.38 bits per heavy atom. The van der Waals surface area contributed by atoms with E-state index >= 15 is 0 Å². The molecular formula is C14H20BrN3O4S2. The number of nitrogens with zero attached hydrogens (tertiary/aromatic N) is 2. The molecule has 1 aromatic rings. The van der Waals surface area contributed by atoms with E-state index in [9.17, 15) is 18.0 Å². The van der Waals surface area contributed by atoms with Crippen LogP contribution in [-0.4, -0.2) is 68.4 Å². The summed E-state index contributed by atoms with van der Waals surface area (Å²) in [5.74, 6) is -0.426. The second-order valence-corrected chi connectivity index (χ2v) is 10.2. The second kappa shape index (κ2) is 7.94. The molecule has 0 aliphatic carbocycles. The van der Waals surface area contributed by atoms with E-state index in [2.05, 4.69) is 21.2 Å². The van der Waals surface area contributed by atoms with Gasteiger partial charge in [-0.25, -0.2) is 12.7 Å². The lowest BCUT2D eigenvalue weighted by atomic mass is 10.1. The number of carbonyl (C=O) groups is 2. The van der Waals surface area contributed by atoms with E-state index in [-0.39, 0.29) is 24.4 Å². The molecule has 1 saturated heterocycles. The van der Waals surface area contributed by atoms with Gasteiger partial charge in [-0.05, 0) is 40.9 Å². The number of nitrogens with one attached hydrogen (secondary N) is 1. The number of likely N-dealkylation sites (tertiary alicyclic amines) is 1. The van der Waals surface area contributed by atoms with Crippen molar-refractivity contribution in [2.75, 3.05) is 32.9 Å². The van der Waals surface area contributed by atoms with Crippen molar-refractivity contribution in [1.29, 1.82) is 0 Å². The number of sulfonamides is 1. The smallest absolute Gasteiger partial charge is 0.261 e. The van der Waals surface area contributed by atoms with Crippen LogP contribution in [0.5, 0.6) is 0 Å². The van der Waals surface area contributed by atoms with E-state index in [0.717, 1.165) is 3.79 Å². The first-order valence-corrected chi connectivity index (χ1v) is 10.9. The van der Waals surface area contributed by atoms with Gasteiger partial charge in [-0.3, -0.25) is 9.59 Å². The Hall–Kier alpha value is -0.970. The first kappa shape index (κ1) is 19.4. The Morgan fingerprint density at radius 3 is 2.50 bits per heavy atom. The molecule has 1 N–H and O–H groups in total. The van der Waals surface area contributed by atoms with Crippen LogP contribution in [0.25, 0.3) is 0 Å². The van der Waals surface area contributed by atoms with Crippen molar-refractivity contribution in [2.24, 2.45) is 0 Å². The van der Waals surface area contributed by atoms with Crippen LogP contribution in [0.2, 0.25) is 0 Å². The lowest BCUT2D eigenvalue weighted by Gasteiger charge is -2.35. The summed E-state index contributed by atoms with van der Waals surface area (Å²) in [6, 6.07) is 3.40. The molecule has 2 rings (SSSR count). The van der Waals surface area contributed by atoms with Gasteiger partial charge in [0.15, 0.2) is 0 Å². The zero-order valence-electron chi connectivity index (χ0n) is 13.5. The Kier molecular flexibility index (Phi) is 6.40. The molecule has 24 heavy (non-hydrogen) atoms. The zero-order chi connectivity index (χ0) is 17.9. The monoisotopic (exact) mass is 437 g/mol. The van der Waals surface area contributed by atoms with E-state index in [1.807, 2.05) is 0 Å². The zero-order valence-corrected chi connectivity index (χ0v) is 16.7. The molecule has 0 saturated carbocycles. The summed E-state index contributed by atoms with van der Waals surface area (Å²) in [4.78, 5) is 26.3. The number of hydrogen-bond donors (Lipinski definition) is 1. The average Bonchev–Trinajstić information content (AvgIpc) is 2.97. The van der Waals surface area contributed by atoms with Crippen molar-refractivity contribution in [3.8, 4) is 0 Å². The third kappa shape index (κ3) is 5.01. The van der Waals surface area contributed by atoms with Gasteiger partial charge in [0.1, 0.15) is 0 Å². The number of piperidine rings is 1. The maximum absolute atomic E-state index is 12.2. The Morgan fingerprint density at radius 2 is 2.00 bits per heavy atom. The highest BCUT2D eigenvalue weighted by Gasteiger charge is 2.29. The molecule has 2 heterocycles. The van der Waals surface area contributed by atoms with Crippen LogP contribution in [0, 0.1) is 0 Å². The van der Waals surface area contributed by atoms with E-state index in [0.29, 0.717) is 30.8 Å². The minimum Gasteiger partial charge on any atom is -0.342 e. The van der Waals surface area contributed by atoms with Gasteiger partial charge in [0.2, 0.25) is 15.9 Å². The molecule has 10 heteroatoms. The average molecular weight is 438 g/mol. The van der Waals surface area contributed by atoms with Gasteiger partial charge in [0.05, 0.1) is 21.5 Å². The molecule has 1 aliphatic heterocycles. The standard InChI is InChI=1S/C14H20BrN3O4S2/c1-17(24(2,21)22)10-5-7-18(8-6-10)13(19)9-16-14(20)11-3-4-12(15)23-11/h3-4,10H,5-9H2,1-2H3,(H,16,20). The predicted octanol–water partition coefficient (Wildman–Crippen LogP) is 1.12. The van der Waals surface area contributed by atoms with Crippen molar-refractivity contribution in [3.63, 3.8) is 0 Å². The van der Waals surface area contributed by atoms with Gasteiger partial charge in [0, 0.05) is 26.2 Å². The minimum atomic E-state index is -3.22. The maximum Gasteiger partial charge on any atom is 0.261 e. The van der Waals surface area contributed by atoms with Crippen molar-refractivity contribution in [2.45, 2.75) is 18.9 Å². The first-order valence-electron chi connectivity index (χ1n) is 7.43. The molecule has 2 amide bonds. The summed E-state index contributed by atoms with van der Waals surface area (Å²) in [6.45, 7) is 0.925.